The topological polar surface area (TPSA) is 50.4 Å². The maximum absolute atomic E-state index is 11.5. The molecule has 0 aromatic carbocycles. The van der Waals surface area contributed by atoms with Crippen LogP contribution in [0.2, 0.25) is 0 Å². The second-order valence-corrected chi connectivity index (χ2v) is 4.30. The number of rotatable bonds is 1. The van der Waals surface area contributed by atoms with E-state index in [9.17, 15) is 4.79 Å². The predicted octanol–water partition coefficient (Wildman–Crippen LogP) is 0.585. The molecule has 0 spiro atoms. The van der Waals surface area contributed by atoms with Crippen LogP contribution in [0.5, 0.6) is 0 Å². The van der Waals surface area contributed by atoms with Gasteiger partial charge in [-0.15, -0.1) is 0 Å². The van der Waals surface area contributed by atoms with Crippen molar-refractivity contribution in [1.29, 1.82) is 0 Å². The molecule has 4 heteroatoms. The van der Waals surface area contributed by atoms with E-state index in [0.29, 0.717) is 0 Å². The van der Waals surface area contributed by atoms with E-state index in [1.807, 2.05) is 20.8 Å². The first-order valence-corrected chi connectivity index (χ1v) is 4.70. The summed E-state index contributed by atoms with van der Waals surface area (Å²) < 4.78 is 5.24. The Balaban J connectivity index is 2.38. The molecular formula is C9H18N2O2. The van der Waals surface area contributed by atoms with Gasteiger partial charge in [0.25, 0.3) is 0 Å². The molecule has 13 heavy (non-hydrogen) atoms. The summed E-state index contributed by atoms with van der Waals surface area (Å²) >= 11 is 0. The maximum Gasteiger partial charge on any atom is 0.325 e. The van der Waals surface area contributed by atoms with E-state index in [1.54, 1.807) is 0 Å². The van der Waals surface area contributed by atoms with E-state index in [4.69, 9.17) is 4.74 Å². The van der Waals surface area contributed by atoms with Crippen molar-refractivity contribution in [2.45, 2.75) is 45.3 Å². The summed E-state index contributed by atoms with van der Waals surface area (Å²) in [6, 6.07) is -0.187. The fourth-order valence-corrected chi connectivity index (χ4v) is 1.21. The molecule has 1 heterocycles. The summed E-state index contributed by atoms with van der Waals surface area (Å²) in [4.78, 5) is 11.5. The minimum Gasteiger partial charge on any atom is -0.459 e. The lowest BCUT2D eigenvalue weighted by atomic mass is 10.1. The molecule has 1 atom stereocenters. The zero-order valence-corrected chi connectivity index (χ0v) is 8.52. The van der Waals surface area contributed by atoms with E-state index in [2.05, 4.69) is 10.9 Å². The molecule has 0 aromatic heterocycles. The lowest BCUT2D eigenvalue weighted by molar-refractivity contribution is -0.158. The van der Waals surface area contributed by atoms with Crippen molar-refractivity contribution >= 4 is 5.97 Å². The maximum atomic E-state index is 11.5. The fourth-order valence-electron chi connectivity index (χ4n) is 1.21. The Hall–Kier alpha value is -0.610. The Morgan fingerprint density at radius 3 is 2.62 bits per heavy atom. The first kappa shape index (κ1) is 10.5. The molecule has 0 amide bonds. The normalized spacial score (nSPS) is 24.1. The fraction of sp³-hybridized carbons (Fsp3) is 0.889. The third kappa shape index (κ3) is 3.74. The van der Waals surface area contributed by atoms with Crippen molar-refractivity contribution in [3.8, 4) is 0 Å². The summed E-state index contributed by atoms with van der Waals surface area (Å²) in [6.07, 6.45) is 1.86. The average Bonchev–Trinajstić information content (AvgIpc) is 2.03. The van der Waals surface area contributed by atoms with Crippen LogP contribution in [0.15, 0.2) is 0 Å². The zero-order chi connectivity index (χ0) is 9.90. The van der Waals surface area contributed by atoms with Crippen molar-refractivity contribution in [1.82, 2.24) is 10.9 Å². The Morgan fingerprint density at radius 2 is 2.15 bits per heavy atom. The standard InChI is InChI=1S/C9H18N2O2/c1-9(2,3)13-8(12)7-5-4-6-10-11-7/h7,10-11H,4-6H2,1-3H3/t7-/m1/s1. The van der Waals surface area contributed by atoms with Crippen LogP contribution in [0.1, 0.15) is 33.6 Å². The predicted molar refractivity (Wildman–Crippen MR) is 50.0 cm³/mol. The quantitative estimate of drug-likeness (QED) is 0.588. The van der Waals surface area contributed by atoms with Gasteiger partial charge in [0.1, 0.15) is 11.6 Å². The first-order valence-electron chi connectivity index (χ1n) is 4.70. The Kier molecular flexibility index (Phi) is 3.27. The summed E-state index contributed by atoms with van der Waals surface area (Å²) in [6.45, 7) is 6.54. The number of hydrazine groups is 1. The van der Waals surface area contributed by atoms with Gasteiger partial charge >= 0.3 is 5.97 Å². The highest BCUT2D eigenvalue weighted by Crippen LogP contribution is 2.11. The van der Waals surface area contributed by atoms with Crippen LogP contribution >= 0.6 is 0 Å². The minimum absolute atomic E-state index is 0.167. The molecule has 1 rings (SSSR count). The van der Waals surface area contributed by atoms with Crippen LogP contribution in [0, 0.1) is 0 Å². The van der Waals surface area contributed by atoms with Crippen LogP contribution in [-0.2, 0) is 9.53 Å². The van der Waals surface area contributed by atoms with E-state index in [-0.39, 0.29) is 12.0 Å². The molecule has 0 aromatic rings. The summed E-state index contributed by atoms with van der Waals surface area (Å²) in [7, 11) is 0. The number of nitrogens with one attached hydrogen (secondary N) is 2. The second-order valence-electron chi connectivity index (χ2n) is 4.30. The Bertz CT molecular complexity index is 181. The SMILES string of the molecule is CC(C)(C)OC(=O)[C@H]1CCCNN1. The molecule has 0 radical (unpaired) electrons. The van der Waals surface area contributed by atoms with E-state index in [0.717, 1.165) is 19.4 Å². The number of ether oxygens (including phenoxy) is 1. The van der Waals surface area contributed by atoms with Crippen molar-refractivity contribution < 1.29 is 9.53 Å². The van der Waals surface area contributed by atoms with Crippen LogP contribution in [-0.4, -0.2) is 24.2 Å². The van der Waals surface area contributed by atoms with Gasteiger partial charge in [0.2, 0.25) is 0 Å². The molecule has 1 saturated heterocycles. The molecule has 4 nitrogen and oxygen atoms in total. The number of hydrogen-bond acceptors (Lipinski definition) is 4. The number of hydrogen-bond donors (Lipinski definition) is 2. The third-order valence-corrected chi connectivity index (χ3v) is 1.76. The molecule has 76 valence electrons. The van der Waals surface area contributed by atoms with Gasteiger partial charge in [-0.2, -0.15) is 0 Å². The van der Waals surface area contributed by atoms with Crippen molar-refractivity contribution in [3.63, 3.8) is 0 Å². The summed E-state index contributed by atoms with van der Waals surface area (Å²) in [5.74, 6) is -0.167. The molecule has 2 N–H and O–H groups in total. The van der Waals surface area contributed by atoms with Gasteiger partial charge in [0.05, 0.1) is 0 Å². The highest BCUT2D eigenvalue weighted by Gasteiger charge is 2.25. The van der Waals surface area contributed by atoms with E-state index < -0.39 is 5.60 Å². The van der Waals surface area contributed by atoms with Gasteiger partial charge < -0.3 is 4.74 Å². The molecule has 1 aliphatic rings. The van der Waals surface area contributed by atoms with Crippen molar-refractivity contribution in [2.24, 2.45) is 0 Å². The molecule has 0 aliphatic carbocycles. The lowest BCUT2D eigenvalue weighted by Crippen LogP contribution is -2.51. The van der Waals surface area contributed by atoms with Crippen LogP contribution in [0.4, 0.5) is 0 Å². The van der Waals surface area contributed by atoms with Gasteiger partial charge in [-0.05, 0) is 33.6 Å². The highest BCUT2D eigenvalue weighted by atomic mass is 16.6. The average molecular weight is 186 g/mol. The molecule has 1 aliphatic heterocycles. The van der Waals surface area contributed by atoms with Crippen molar-refractivity contribution in [2.75, 3.05) is 6.54 Å². The van der Waals surface area contributed by atoms with Crippen molar-refractivity contribution in [3.05, 3.63) is 0 Å². The summed E-state index contributed by atoms with van der Waals surface area (Å²) in [5.41, 5.74) is 5.47. The highest BCUT2D eigenvalue weighted by molar-refractivity contribution is 5.76. The van der Waals surface area contributed by atoms with Gasteiger partial charge in [-0.25, -0.2) is 5.43 Å². The van der Waals surface area contributed by atoms with Gasteiger partial charge in [0, 0.05) is 6.54 Å². The largest absolute Gasteiger partial charge is 0.459 e. The van der Waals surface area contributed by atoms with Crippen LogP contribution in [0.25, 0.3) is 0 Å². The monoisotopic (exact) mass is 186 g/mol. The van der Waals surface area contributed by atoms with Crippen LogP contribution in [0.3, 0.4) is 0 Å². The molecule has 1 fully saturated rings. The van der Waals surface area contributed by atoms with Crippen LogP contribution < -0.4 is 10.9 Å². The minimum atomic E-state index is -0.393. The second kappa shape index (κ2) is 4.07. The summed E-state index contributed by atoms with van der Waals surface area (Å²) in [5, 5.41) is 0. The molecular weight excluding hydrogens is 168 g/mol. The lowest BCUT2D eigenvalue weighted by Gasteiger charge is -2.27. The molecule has 0 unspecified atom stereocenters. The van der Waals surface area contributed by atoms with Gasteiger partial charge in [-0.1, -0.05) is 0 Å². The van der Waals surface area contributed by atoms with E-state index in [1.165, 1.54) is 0 Å². The number of carbonyl (C=O) groups is 1. The zero-order valence-electron chi connectivity index (χ0n) is 8.52. The van der Waals surface area contributed by atoms with E-state index >= 15 is 0 Å². The van der Waals surface area contributed by atoms with Gasteiger partial charge in [-0.3, -0.25) is 10.2 Å². The molecule has 0 bridgehead atoms. The van der Waals surface area contributed by atoms with Gasteiger partial charge in [0.15, 0.2) is 0 Å². The molecule has 0 saturated carbocycles. The number of esters is 1. The third-order valence-electron chi connectivity index (χ3n) is 1.76. The number of carbonyl (C=O) groups excluding carboxylic acids is 1. The smallest absolute Gasteiger partial charge is 0.325 e. The first-order chi connectivity index (χ1) is 5.99. The Morgan fingerprint density at radius 1 is 1.46 bits per heavy atom. The Labute approximate surface area is 79.0 Å².